The van der Waals surface area contributed by atoms with Gasteiger partial charge in [0, 0.05) is 17.2 Å². The minimum absolute atomic E-state index is 0.0557. The maximum Gasteiger partial charge on any atom is 0.338 e. The molecule has 0 atom stereocenters. The van der Waals surface area contributed by atoms with Crippen molar-refractivity contribution < 1.29 is 24.2 Å². The number of aromatic hydroxyl groups is 1. The molecule has 25 heavy (non-hydrogen) atoms. The van der Waals surface area contributed by atoms with Crippen LogP contribution in [0.1, 0.15) is 34.6 Å². The summed E-state index contributed by atoms with van der Waals surface area (Å²) in [5.41, 5.74) is 1.12. The predicted octanol–water partition coefficient (Wildman–Crippen LogP) is 3.03. The van der Waals surface area contributed by atoms with Crippen LogP contribution in [0, 0.1) is 5.92 Å². The highest BCUT2D eigenvalue weighted by molar-refractivity contribution is 6.00. The van der Waals surface area contributed by atoms with Gasteiger partial charge in [-0.15, -0.1) is 0 Å². The highest BCUT2D eigenvalue weighted by Gasteiger charge is 2.13. The molecule has 0 aromatic heterocycles. The Morgan fingerprint density at radius 3 is 2.32 bits per heavy atom. The number of carbonyl (C=O) groups is 3. The van der Waals surface area contributed by atoms with E-state index in [9.17, 15) is 19.5 Å². The molecule has 1 amide bonds. The quantitative estimate of drug-likeness (QED) is 0.622. The van der Waals surface area contributed by atoms with E-state index in [1.807, 2.05) is 0 Å². The zero-order valence-corrected chi connectivity index (χ0v) is 14.0. The van der Waals surface area contributed by atoms with E-state index in [0.717, 1.165) is 0 Å². The first kappa shape index (κ1) is 18.2. The number of carbonyl (C=O) groups excluding carboxylic acids is 3. The van der Waals surface area contributed by atoms with Crippen molar-refractivity contribution in [2.45, 2.75) is 13.8 Å². The Kier molecular flexibility index (Phi) is 5.89. The van der Waals surface area contributed by atoms with Crippen LogP contribution >= 0.6 is 0 Å². The zero-order valence-electron chi connectivity index (χ0n) is 14.0. The molecule has 0 aliphatic heterocycles. The Morgan fingerprint density at radius 1 is 1.04 bits per heavy atom. The second-order valence-electron chi connectivity index (χ2n) is 5.77. The fourth-order valence-corrected chi connectivity index (χ4v) is 1.96. The topological polar surface area (TPSA) is 92.7 Å². The molecule has 2 aromatic rings. The molecule has 2 N–H and O–H groups in total. The van der Waals surface area contributed by atoms with Gasteiger partial charge in [0.2, 0.25) is 5.91 Å². The Balaban J connectivity index is 1.92. The highest BCUT2D eigenvalue weighted by Crippen LogP contribution is 2.14. The van der Waals surface area contributed by atoms with Crippen LogP contribution in [-0.2, 0) is 9.53 Å². The number of rotatable bonds is 6. The lowest BCUT2D eigenvalue weighted by Crippen LogP contribution is -2.18. The van der Waals surface area contributed by atoms with Gasteiger partial charge >= 0.3 is 5.97 Å². The smallest absolute Gasteiger partial charge is 0.338 e. The van der Waals surface area contributed by atoms with E-state index in [1.165, 1.54) is 24.3 Å². The van der Waals surface area contributed by atoms with Gasteiger partial charge < -0.3 is 15.2 Å². The maximum absolute atomic E-state index is 12.1. The molecule has 0 saturated heterocycles. The number of hydrogen-bond acceptors (Lipinski definition) is 5. The number of ether oxygens (including phenoxy) is 1. The normalized spacial score (nSPS) is 10.4. The van der Waals surface area contributed by atoms with E-state index in [0.29, 0.717) is 11.3 Å². The van der Waals surface area contributed by atoms with Crippen LogP contribution in [0.25, 0.3) is 0 Å². The number of benzene rings is 2. The average molecular weight is 341 g/mol. The van der Waals surface area contributed by atoms with E-state index in [2.05, 4.69) is 5.32 Å². The van der Waals surface area contributed by atoms with Crippen LogP contribution in [0.3, 0.4) is 0 Å². The van der Waals surface area contributed by atoms with Crippen molar-refractivity contribution in [3.05, 3.63) is 59.7 Å². The summed E-state index contributed by atoms with van der Waals surface area (Å²) in [6.45, 7) is 3.16. The van der Waals surface area contributed by atoms with Crippen molar-refractivity contribution in [1.82, 2.24) is 0 Å². The second-order valence-corrected chi connectivity index (χ2v) is 5.77. The average Bonchev–Trinajstić information content (AvgIpc) is 2.59. The van der Waals surface area contributed by atoms with Crippen LogP contribution in [0.15, 0.2) is 48.5 Å². The molecule has 2 rings (SSSR count). The molecular weight excluding hydrogens is 322 g/mol. The van der Waals surface area contributed by atoms with Gasteiger partial charge in [-0.1, -0.05) is 19.9 Å². The van der Waals surface area contributed by atoms with Crippen molar-refractivity contribution >= 4 is 23.3 Å². The number of anilines is 1. The number of ketones is 1. The standard InChI is InChI=1S/C19H19NO5/c1-12(2)18(23)20-15-8-6-13(7-9-15)17(22)11-25-19(24)14-4-3-5-16(21)10-14/h3-10,12,21H,11H2,1-2H3,(H,20,23). The summed E-state index contributed by atoms with van der Waals surface area (Å²) >= 11 is 0. The molecule has 0 unspecified atom stereocenters. The third kappa shape index (κ3) is 5.17. The van der Waals surface area contributed by atoms with Crippen LogP contribution in [-0.4, -0.2) is 29.4 Å². The van der Waals surface area contributed by atoms with Crippen LogP contribution in [0.2, 0.25) is 0 Å². The summed E-state index contributed by atoms with van der Waals surface area (Å²) in [5, 5.41) is 12.1. The van der Waals surface area contributed by atoms with E-state index < -0.39 is 12.6 Å². The lowest BCUT2D eigenvalue weighted by atomic mass is 10.1. The lowest BCUT2D eigenvalue weighted by Gasteiger charge is -2.08. The molecule has 6 heteroatoms. The maximum atomic E-state index is 12.1. The third-order valence-corrected chi connectivity index (χ3v) is 3.42. The molecule has 0 heterocycles. The molecule has 0 bridgehead atoms. The molecule has 2 aromatic carbocycles. The van der Waals surface area contributed by atoms with Crippen LogP contribution in [0.5, 0.6) is 5.75 Å². The molecule has 0 radical (unpaired) electrons. The highest BCUT2D eigenvalue weighted by atomic mass is 16.5. The van der Waals surface area contributed by atoms with Crippen molar-refractivity contribution in [1.29, 1.82) is 0 Å². The van der Waals surface area contributed by atoms with Crippen molar-refractivity contribution in [3.8, 4) is 5.75 Å². The first-order valence-electron chi connectivity index (χ1n) is 7.77. The zero-order chi connectivity index (χ0) is 18.4. The Bertz CT molecular complexity index is 781. The van der Waals surface area contributed by atoms with Crippen LogP contribution < -0.4 is 5.32 Å². The van der Waals surface area contributed by atoms with Gasteiger partial charge in [0.25, 0.3) is 0 Å². The molecule has 0 aliphatic carbocycles. The number of amides is 1. The molecule has 0 saturated carbocycles. The summed E-state index contributed by atoms with van der Waals surface area (Å²) < 4.78 is 4.96. The van der Waals surface area contributed by atoms with Gasteiger partial charge in [0.05, 0.1) is 5.56 Å². The second kappa shape index (κ2) is 8.10. The predicted molar refractivity (Wildman–Crippen MR) is 92.6 cm³/mol. The van der Waals surface area contributed by atoms with Gasteiger partial charge in [0.1, 0.15) is 5.75 Å². The monoisotopic (exact) mass is 341 g/mol. The van der Waals surface area contributed by atoms with Gasteiger partial charge in [-0.2, -0.15) is 0 Å². The van der Waals surface area contributed by atoms with Crippen LogP contribution in [0.4, 0.5) is 5.69 Å². The fourth-order valence-electron chi connectivity index (χ4n) is 1.96. The molecule has 0 fully saturated rings. The number of esters is 1. The lowest BCUT2D eigenvalue weighted by molar-refractivity contribution is -0.118. The van der Waals surface area contributed by atoms with Crippen molar-refractivity contribution in [2.75, 3.05) is 11.9 Å². The van der Waals surface area contributed by atoms with E-state index >= 15 is 0 Å². The molecular formula is C19H19NO5. The van der Waals surface area contributed by atoms with E-state index in [4.69, 9.17) is 4.74 Å². The summed E-state index contributed by atoms with van der Waals surface area (Å²) in [4.78, 5) is 35.5. The number of phenolic OH excluding ortho intramolecular Hbond substituents is 1. The van der Waals surface area contributed by atoms with Gasteiger partial charge in [-0.25, -0.2) is 4.79 Å². The third-order valence-electron chi connectivity index (χ3n) is 3.42. The summed E-state index contributed by atoms with van der Waals surface area (Å²) in [7, 11) is 0. The Labute approximate surface area is 145 Å². The van der Waals surface area contributed by atoms with Crippen molar-refractivity contribution in [2.24, 2.45) is 5.92 Å². The van der Waals surface area contributed by atoms with Crippen molar-refractivity contribution in [3.63, 3.8) is 0 Å². The Hall–Kier alpha value is -3.15. The fraction of sp³-hybridized carbons (Fsp3) is 0.211. The summed E-state index contributed by atoms with van der Waals surface area (Å²) in [6, 6.07) is 12.0. The van der Waals surface area contributed by atoms with Gasteiger partial charge in [-0.3, -0.25) is 9.59 Å². The first-order chi connectivity index (χ1) is 11.9. The SMILES string of the molecule is CC(C)C(=O)Nc1ccc(C(=O)COC(=O)c2cccc(O)c2)cc1. The summed E-state index contributed by atoms with van der Waals surface area (Å²) in [6.07, 6.45) is 0. The number of nitrogens with one attached hydrogen (secondary N) is 1. The van der Waals surface area contributed by atoms with E-state index in [-0.39, 0.29) is 28.9 Å². The Morgan fingerprint density at radius 2 is 1.72 bits per heavy atom. The minimum atomic E-state index is -0.690. The van der Waals surface area contributed by atoms with Gasteiger partial charge in [0.15, 0.2) is 12.4 Å². The van der Waals surface area contributed by atoms with Gasteiger partial charge in [-0.05, 0) is 42.5 Å². The number of phenols is 1. The largest absolute Gasteiger partial charge is 0.508 e. The molecule has 0 spiro atoms. The minimum Gasteiger partial charge on any atom is -0.508 e. The van der Waals surface area contributed by atoms with E-state index in [1.54, 1.807) is 38.1 Å². The first-order valence-corrected chi connectivity index (χ1v) is 7.77. The molecule has 0 aliphatic rings. The molecule has 6 nitrogen and oxygen atoms in total. The number of hydrogen-bond donors (Lipinski definition) is 2. The molecule has 130 valence electrons. The number of Topliss-reactive ketones (excluding diaryl/α,β-unsaturated/α-hetero) is 1. The summed E-state index contributed by atoms with van der Waals surface area (Å²) in [5.74, 6) is -1.36.